The molecule has 2 fully saturated rings. The molecule has 1 saturated heterocycles. The molecule has 142 valence electrons. The van der Waals surface area contributed by atoms with Crippen LogP contribution < -0.4 is 15.1 Å². The topological polar surface area (TPSA) is 52.7 Å². The van der Waals surface area contributed by atoms with Crippen molar-refractivity contribution in [2.45, 2.75) is 58.4 Å². The molecular weight excluding hydrogens is 326 g/mol. The molecule has 5 heteroatoms. The van der Waals surface area contributed by atoms with Gasteiger partial charge in [0.15, 0.2) is 0 Å². The molecule has 1 aliphatic carbocycles. The molecule has 1 aromatic rings. The fraction of sp³-hybridized carbons (Fsp3) is 0.619. The molecule has 1 aliphatic heterocycles. The van der Waals surface area contributed by atoms with E-state index in [4.69, 9.17) is 0 Å². The summed E-state index contributed by atoms with van der Waals surface area (Å²) >= 11 is 0. The first-order valence-corrected chi connectivity index (χ1v) is 9.95. The highest BCUT2D eigenvalue weighted by Crippen LogP contribution is 2.25. The molecule has 0 unspecified atom stereocenters. The van der Waals surface area contributed by atoms with Gasteiger partial charge >= 0.3 is 0 Å². The van der Waals surface area contributed by atoms with Crippen LogP contribution in [0.25, 0.3) is 0 Å². The lowest BCUT2D eigenvalue weighted by atomic mass is 9.99. The Morgan fingerprint density at radius 1 is 1.08 bits per heavy atom. The summed E-state index contributed by atoms with van der Waals surface area (Å²) in [5.41, 5.74) is 1.98. The Morgan fingerprint density at radius 2 is 1.69 bits per heavy atom. The van der Waals surface area contributed by atoms with Gasteiger partial charge in [-0.2, -0.15) is 0 Å². The van der Waals surface area contributed by atoms with E-state index < -0.39 is 0 Å². The second kappa shape index (κ2) is 8.56. The van der Waals surface area contributed by atoms with Crippen LogP contribution in [-0.4, -0.2) is 37.5 Å². The second-order valence-corrected chi connectivity index (χ2v) is 7.84. The lowest BCUT2D eigenvalue weighted by Gasteiger charge is -2.32. The number of rotatable bonds is 5. The molecule has 3 rings (SSSR count). The maximum absolute atomic E-state index is 12.3. The maximum atomic E-state index is 12.3. The summed E-state index contributed by atoms with van der Waals surface area (Å²) in [7, 11) is 0. The first-order valence-electron chi connectivity index (χ1n) is 9.95. The number of carbonyl (C=O) groups excluding carboxylic acids is 2. The number of carbonyl (C=O) groups is 2. The largest absolute Gasteiger partial charge is 0.372 e. The number of nitrogens with zero attached hydrogens (tertiary/aromatic N) is 2. The average molecular weight is 357 g/mol. The number of amides is 2. The summed E-state index contributed by atoms with van der Waals surface area (Å²) in [6.07, 6.45) is 6.91. The van der Waals surface area contributed by atoms with Crippen molar-refractivity contribution in [1.82, 2.24) is 5.32 Å². The quantitative estimate of drug-likeness (QED) is 0.879. The zero-order valence-corrected chi connectivity index (χ0v) is 16.0. The Kier molecular flexibility index (Phi) is 6.17. The van der Waals surface area contributed by atoms with Gasteiger partial charge in [0.25, 0.3) is 0 Å². The van der Waals surface area contributed by atoms with Gasteiger partial charge in [0.05, 0.1) is 0 Å². The molecule has 0 bridgehead atoms. The van der Waals surface area contributed by atoms with Gasteiger partial charge in [-0.1, -0.05) is 19.8 Å². The Labute approximate surface area is 156 Å². The summed E-state index contributed by atoms with van der Waals surface area (Å²) in [6, 6.07) is 8.32. The van der Waals surface area contributed by atoms with Gasteiger partial charge in [-0.05, 0) is 55.9 Å². The number of hydrogen-bond acceptors (Lipinski definition) is 3. The Balaban J connectivity index is 1.62. The number of piperidine rings is 1. The highest BCUT2D eigenvalue weighted by molar-refractivity contribution is 5.97. The van der Waals surface area contributed by atoms with Crippen molar-refractivity contribution in [1.29, 1.82) is 0 Å². The van der Waals surface area contributed by atoms with E-state index in [1.807, 2.05) is 12.1 Å². The number of anilines is 2. The molecule has 0 atom stereocenters. The number of nitrogens with one attached hydrogen (secondary N) is 1. The van der Waals surface area contributed by atoms with Gasteiger partial charge < -0.3 is 15.1 Å². The van der Waals surface area contributed by atoms with E-state index in [1.54, 1.807) is 4.90 Å². The third kappa shape index (κ3) is 4.77. The van der Waals surface area contributed by atoms with Gasteiger partial charge in [0.1, 0.15) is 6.54 Å². The van der Waals surface area contributed by atoms with E-state index in [9.17, 15) is 9.59 Å². The molecule has 0 radical (unpaired) electrons. The molecule has 2 amide bonds. The van der Waals surface area contributed by atoms with Crippen molar-refractivity contribution < 1.29 is 9.59 Å². The van der Waals surface area contributed by atoms with Gasteiger partial charge in [-0.25, -0.2) is 0 Å². The Hall–Kier alpha value is -2.04. The summed E-state index contributed by atoms with van der Waals surface area (Å²) in [5.74, 6) is 0.629. The second-order valence-electron chi connectivity index (χ2n) is 7.84. The fourth-order valence-corrected chi connectivity index (χ4v) is 3.98. The fourth-order valence-electron chi connectivity index (χ4n) is 3.98. The Bertz CT molecular complexity index is 615. The summed E-state index contributed by atoms with van der Waals surface area (Å²) in [4.78, 5) is 28.4. The predicted molar refractivity (Wildman–Crippen MR) is 105 cm³/mol. The third-order valence-corrected chi connectivity index (χ3v) is 5.71. The SMILES string of the molecule is CC(=O)N(CC(=O)NC1CCCC1)c1ccc(N2CCC(C)CC2)cc1. The van der Waals surface area contributed by atoms with Crippen LogP contribution in [0.4, 0.5) is 11.4 Å². The predicted octanol–water partition coefficient (Wildman–Crippen LogP) is 3.33. The summed E-state index contributed by atoms with van der Waals surface area (Å²) < 4.78 is 0. The van der Waals surface area contributed by atoms with Crippen LogP contribution >= 0.6 is 0 Å². The minimum Gasteiger partial charge on any atom is -0.372 e. The van der Waals surface area contributed by atoms with Gasteiger partial charge in [0, 0.05) is 37.4 Å². The first-order chi connectivity index (χ1) is 12.5. The van der Waals surface area contributed by atoms with E-state index in [0.29, 0.717) is 0 Å². The van der Waals surface area contributed by atoms with Crippen molar-refractivity contribution in [2.24, 2.45) is 5.92 Å². The lowest BCUT2D eigenvalue weighted by Crippen LogP contribution is -2.43. The standard InChI is InChI=1S/C21H31N3O2/c1-16-11-13-23(14-12-16)19-7-9-20(10-8-19)24(17(2)25)15-21(26)22-18-5-3-4-6-18/h7-10,16,18H,3-6,11-15H2,1-2H3,(H,22,26). The van der Waals surface area contributed by atoms with Crippen LogP contribution in [0.15, 0.2) is 24.3 Å². The monoisotopic (exact) mass is 357 g/mol. The molecule has 26 heavy (non-hydrogen) atoms. The molecule has 0 aromatic heterocycles. The van der Waals surface area contributed by atoms with Gasteiger partial charge in [0.2, 0.25) is 11.8 Å². The molecule has 2 aliphatic rings. The van der Waals surface area contributed by atoms with Crippen molar-refractivity contribution in [2.75, 3.05) is 29.4 Å². The first kappa shape index (κ1) is 18.7. The zero-order valence-electron chi connectivity index (χ0n) is 16.0. The lowest BCUT2D eigenvalue weighted by molar-refractivity contribution is -0.123. The molecule has 1 aromatic carbocycles. The van der Waals surface area contributed by atoms with E-state index in [-0.39, 0.29) is 24.4 Å². The summed E-state index contributed by atoms with van der Waals surface area (Å²) in [5, 5.41) is 3.06. The van der Waals surface area contributed by atoms with Crippen molar-refractivity contribution in [3.63, 3.8) is 0 Å². The molecular formula is C21H31N3O2. The van der Waals surface area contributed by atoms with Crippen molar-refractivity contribution in [3.05, 3.63) is 24.3 Å². The van der Waals surface area contributed by atoms with E-state index >= 15 is 0 Å². The number of benzene rings is 1. The maximum Gasteiger partial charge on any atom is 0.240 e. The van der Waals surface area contributed by atoms with Crippen LogP contribution in [0.3, 0.4) is 0 Å². The number of hydrogen-bond donors (Lipinski definition) is 1. The molecule has 1 N–H and O–H groups in total. The van der Waals surface area contributed by atoms with E-state index in [1.165, 1.54) is 38.3 Å². The Morgan fingerprint density at radius 3 is 2.27 bits per heavy atom. The van der Waals surface area contributed by atoms with Crippen LogP contribution in [0.1, 0.15) is 52.4 Å². The van der Waals surface area contributed by atoms with Crippen LogP contribution in [-0.2, 0) is 9.59 Å². The van der Waals surface area contributed by atoms with E-state index in [0.717, 1.165) is 37.5 Å². The van der Waals surface area contributed by atoms with Gasteiger partial charge in [-0.3, -0.25) is 9.59 Å². The normalized spacial score (nSPS) is 18.8. The molecule has 1 saturated carbocycles. The van der Waals surface area contributed by atoms with Crippen molar-refractivity contribution >= 4 is 23.2 Å². The zero-order chi connectivity index (χ0) is 18.5. The van der Waals surface area contributed by atoms with Gasteiger partial charge in [-0.15, -0.1) is 0 Å². The smallest absolute Gasteiger partial charge is 0.240 e. The van der Waals surface area contributed by atoms with Crippen LogP contribution in [0, 0.1) is 5.92 Å². The minimum absolute atomic E-state index is 0.0683. The van der Waals surface area contributed by atoms with Crippen molar-refractivity contribution in [3.8, 4) is 0 Å². The highest BCUT2D eigenvalue weighted by Gasteiger charge is 2.21. The van der Waals surface area contributed by atoms with Crippen LogP contribution in [0.2, 0.25) is 0 Å². The molecule has 1 heterocycles. The highest BCUT2D eigenvalue weighted by atomic mass is 16.2. The minimum atomic E-state index is -0.105. The molecule has 5 nitrogen and oxygen atoms in total. The van der Waals surface area contributed by atoms with Crippen LogP contribution in [0.5, 0.6) is 0 Å². The summed E-state index contributed by atoms with van der Waals surface area (Å²) in [6.45, 7) is 6.08. The average Bonchev–Trinajstić information content (AvgIpc) is 3.13. The third-order valence-electron chi connectivity index (χ3n) is 5.71. The van der Waals surface area contributed by atoms with E-state index in [2.05, 4.69) is 29.3 Å². The molecule has 0 spiro atoms.